The molecule has 0 aromatic heterocycles. The summed E-state index contributed by atoms with van der Waals surface area (Å²) in [6.45, 7) is 12.6. The molecule has 0 unspecified atom stereocenters. The molecule has 0 atom stereocenters. The molecule has 0 heterocycles. The molecule has 0 N–H and O–H groups in total. The van der Waals surface area contributed by atoms with Gasteiger partial charge in [0.1, 0.15) is 0 Å². The predicted molar refractivity (Wildman–Crippen MR) is 54.5 cm³/mol. The molecule has 0 saturated carbocycles. The SMILES string of the molecule is CCCOC(=O)C(C)(C)C(C)(C)C. The van der Waals surface area contributed by atoms with Crippen LogP contribution >= 0.6 is 0 Å². The molecular weight excluding hydrogens is 164 g/mol. The summed E-state index contributed by atoms with van der Waals surface area (Å²) in [4.78, 5) is 11.6. The van der Waals surface area contributed by atoms with Gasteiger partial charge in [0, 0.05) is 0 Å². The number of rotatable bonds is 3. The average Bonchev–Trinajstić information content (AvgIpc) is 1.97. The topological polar surface area (TPSA) is 26.3 Å². The minimum atomic E-state index is -0.415. The third kappa shape index (κ3) is 3.02. The molecule has 0 radical (unpaired) electrons. The van der Waals surface area contributed by atoms with E-state index in [1.165, 1.54) is 0 Å². The molecule has 78 valence electrons. The van der Waals surface area contributed by atoms with Crippen LogP contribution in [0.1, 0.15) is 48.0 Å². The van der Waals surface area contributed by atoms with Crippen LogP contribution in [-0.4, -0.2) is 12.6 Å². The molecule has 13 heavy (non-hydrogen) atoms. The summed E-state index contributed by atoms with van der Waals surface area (Å²) >= 11 is 0. The first-order valence-electron chi connectivity index (χ1n) is 4.90. The van der Waals surface area contributed by atoms with E-state index in [-0.39, 0.29) is 11.4 Å². The molecule has 0 amide bonds. The second-order valence-electron chi connectivity index (χ2n) is 5.01. The monoisotopic (exact) mass is 186 g/mol. The maximum absolute atomic E-state index is 11.6. The van der Waals surface area contributed by atoms with Crippen LogP contribution in [0.15, 0.2) is 0 Å². The number of hydrogen-bond acceptors (Lipinski definition) is 2. The molecule has 0 bridgehead atoms. The first kappa shape index (κ1) is 12.5. The van der Waals surface area contributed by atoms with Crippen molar-refractivity contribution in [3.63, 3.8) is 0 Å². The first-order chi connectivity index (χ1) is 5.73. The summed E-state index contributed by atoms with van der Waals surface area (Å²) in [6.07, 6.45) is 0.881. The van der Waals surface area contributed by atoms with E-state index in [1.54, 1.807) is 0 Å². The van der Waals surface area contributed by atoms with E-state index in [0.29, 0.717) is 6.61 Å². The van der Waals surface area contributed by atoms with E-state index in [9.17, 15) is 4.79 Å². The number of ether oxygens (including phenoxy) is 1. The van der Waals surface area contributed by atoms with Crippen molar-refractivity contribution in [3.8, 4) is 0 Å². The zero-order valence-electron chi connectivity index (χ0n) is 9.73. The maximum Gasteiger partial charge on any atom is 0.312 e. The van der Waals surface area contributed by atoms with Crippen LogP contribution in [0, 0.1) is 10.8 Å². The van der Waals surface area contributed by atoms with E-state index in [2.05, 4.69) is 20.8 Å². The minimum absolute atomic E-state index is 0.0577. The van der Waals surface area contributed by atoms with Gasteiger partial charge in [-0.3, -0.25) is 4.79 Å². The van der Waals surface area contributed by atoms with Crippen LogP contribution in [0.4, 0.5) is 0 Å². The first-order valence-corrected chi connectivity index (χ1v) is 4.90. The Balaban J connectivity index is 4.37. The van der Waals surface area contributed by atoms with Crippen LogP contribution in [0.5, 0.6) is 0 Å². The summed E-state index contributed by atoms with van der Waals surface area (Å²) < 4.78 is 5.14. The van der Waals surface area contributed by atoms with Crippen LogP contribution in [0.25, 0.3) is 0 Å². The van der Waals surface area contributed by atoms with Gasteiger partial charge >= 0.3 is 5.97 Å². The smallest absolute Gasteiger partial charge is 0.312 e. The highest BCUT2D eigenvalue weighted by Crippen LogP contribution is 2.38. The normalized spacial score (nSPS) is 12.8. The van der Waals surface area contributed by atoms with Gasteiger partial charge in [-0.05, 0) is 25.7 Å². The Morgan fingerprint density at radius 3 is 1.92 bits per heavy atom. The van der Waals surface area contributed by atoms with Gasteiger partial charge in [-0.15, -0.1) is 0 Å². The maximum atomic E-state index is 11.6. The molecule has 0 aliphatic rings. The Hall–Kier alpha value is -0.530. The fourth-order valence-corrected chi connectivity index (χ4v) is 0.681. The van der Waals surface area contributed by atoms with Crippen molar-refractivity contribution in [2.24, 2.45) is 10.8 Å². The number of carbonyl (C=O) groups excluding carboxylic acids is 1. The highest BCUT2D eigenvalue weighted by Gasteiger charge is 2.40. The number of hydrogen-bond donors (Lipinski definition) is 0. The number of carbonyl (C=O) groups is 1. The number of esters is 1. The average molecular weight is 186 g/mol. The van der Waals surface area contributed by atoms with Gasteiger partial charge in [0.2, 0.25) is 0 Å². The van der Waals surface area contributed by atoms with E-state index >= 15 is 0 Å². The molecule has 0 aromatic carbocycles. The summed E-state index contributed by atoms with van der Waals surface area (Å²) in [5.74, 6) is -0.0955. The Bertz CT molecular complexity index is 175. The van der Waals surface area contributed by atoms with Crippen molar-refractivity contribution in [2.45, 2.75) is 48.0 Å². The van der Waals surface area contributed by atoms with Gasteiger partial charge in [-0.1, -0.05) is 27.7 Å². The van der Waals surface area contributed by atoms with Crippen LogP contribution in [0.3, 0.4) is 0 Å². The van der Waals surface area contributed by atoms with Crippen molar-refractivity contribution in [1.29, 1.82) is 0 Å². The molecule has 2 nitrogen and oxygen atoms in total. The molecule has 0 saturated heterocycles. The predicted octanol–water partition coefficient (Wildman–Crippen LogP) is 3.01. The molecule has 0 spiro atoms. The Labute approximate surface area is 81.7 Å². The van der Waals surface area contributed by atoms with Gasteiger partial charge in [0.15, 0.2) is 0 Å². The van der Waals surface area contributed by atoms with E-state index in [4.69, 9.17) is 4.74 Å². The van der Waals surface area contributed by atoms with Crippen LogP contribution < -0.4 is 0 Å². The standard InChI is InChI=1S/C11H22O2/c1-7-8-13-9(12)11(5,6)10(2,3)4/h7-8H2,1-6H3. The van der Waals surface area contributed by atoms with E-state index in [1.807, 2.05) is 20.8 Å². The lowest BCUT2D eigenvalue weighted by Crippen LogP contribution is -2.39. The zero-order chi connectivity index (χ0) is 10.7. The molecule has 2 heteroatoms. The van der Waals surface area contributed by atoms with Crippen molar-refractivity contribution in [2.75, 3.05) is 6.61 Å². The van der Waals surface area contributed by atoms with Gasteiger partial charge in [0.25, 0.3) is 0 Å². The van der Waals surface area contributed by atoms with Gasteiger partial charge < -0.3 is 4.74 Å². The highest BCUT2D eigenvalue weighted by atomic mass is 16.5. The summed E-state index contributed by atoms with van der Waals surface area (Å²) in [5, 5.41) is 0. The molecule has 0 rings (SSSR count). The molecule has 0 fully saturated rings. The quantitative estimate of drug-likeness (QED) is 0.633. The third-order valence-corrected chi connectivity index (χ3v) is 2.82. The van der Waals surface area contributed by atoms with Gasteiger partial charge in [-0.2, -0.15) is 0 Å². The second kappa shape index (κ2) is 4.12. The summed E-state index contributed by atoms with van der Waals surface area (Å²) in [5.41, 5.74) is -0.472. The fraction of sp³-hybridized carbons (Fsp3) is 0.909. The van der Waals surface area contributed by atoms with Gasteiger partial charge in [0.05, 0.1) is 12.0 Å². The van der Waals surface area contributed by atoms with Crippen LogP contribution in [-0.2, 0) is 9.53 Å². The minimum Gasteiger partial charge on any atom is -0.465 e. The molecule has 0 aliphatic heterocycles. The highest BCUT2D eigenvalue weighted by molar-refractivity contribution is 5.76. The fourth-order valence-electron chi connectivity index (χ4n) is 0.681. The van der Waals surface area contributed by atoms with Crippen molar-refractivity contribution < 1.29 is 9.53 Å². The van der Waals surface area contributed by atoms with Crippen molar-refractivity contribution in [3.05, 3.63) is 0 Å². The Kier molecular flexibility index (Phi) is 3.95. The van der Waals surface area contributed by atoms with Gasteiger partial charge in [-0.25, -0.2) is 0 Å². The lowest BCUT2D eigenvalue weighted by molar-refractivity contribution is -0.160. The van der Waals surface area contributed by atoms with E-state index in [0.717, 1.165) is 6.42 Å². The molecule has 0 aliphatic carbocycles. The summed E-state index contributed by atoms with van der Waals surface area (Å²) in [6, 6.07) is 0. The molecule has 0 aromatic rings. The van der Waals surface area contributed by atoms with Crippen molar-refractivity contribution in [1.82, 2.24) is 0 Å². The largest absolute Gasteiger partial charge is 0.465 e. The Morgan fingerprint density at radius 2 is 1.62 bits per heavy atom. The second-order valence-corrected chi connectivity index (χ2v) is 5.01. The third-order valence-electron chi connectivity index (χ3n) is 2.82. The summed E-state index contributed by atoms with van der Waals surface area (Å²) in [7, 11) is 0. The Morgan fingerprint density at radius 1 is 1.15 bits per heavy atom. The van der Waals surface area contributed by atoms with Crippen molar-refractivity contribution >= 4 is 5.97 Å². The zero-order valence-corrected chi connectivity index (χ0v) is 9.73. The lowest BCUT2D eigenvalue weighted by atomic mass is 9.69. The van der Waals surface area contributed by atoms with Crippen LogP contribution in [0.2, 0.25) is 0 Å². The molecular formula is C11H22O2. The lowest BCUT2D eigenvalue weighted by Gasteiger charge is -2.36. The van der Waals surface area contributed by atoms with E-state index < -0.39 is 5.41 Å².